The molecule has 2 N–H and O–H groups in total. The zero-order chi connectivity index (χ0) is 23.1. The molecule has 3 aliphatic heterocycles. The van der Waals surface area contributed by atoms with Gasteiger partial charge in [-0.05, 0) is 56.4 Å². The van der Waals surface area contributed by atoms with Crippen LogP contribution in [0, 0.1) is 11.8 Å². The third-order valence-electron chi connectivity index (χ3n) is 8.80. The maximum Gasteiger partial charge on any atom is 0.227 e. The molecule has 9 heteroatoms. The molecule has 0 radical (unpaired) electrons. The van der Waals surface area contributed by atoms with Crippen molar-refractivity contribution < 1.29 is 9.32 Å². The number of fused-ring (bicyclic) bond motifs is 3. The average Bonchev–Trinajstić information content (AvgIpc) is 3.16. The highest BCUT2D eigenvalue weighted by Crippen LogP contribution is 2.56. The lowest BCUT2D eigenvalue weighted by atomic mass is 9.77. The highest BCUT2D eigenvalue weighted by molar-refractivity contribution is 7.85. The van der Waals surface area contributed by atoms with Crippen molar-refractivity contribution in [2.24, 2.45) is 11.8 Å². The normalized spacial score (nSPS) is 29.8. The summed E-state index contributed by atoms with van der Waals surface area (Å²) in [5, 5.41) is 14.4. The third kappa shape index (κ3) is 3.28. The van der Waals surface area contributed by atoms with Gasteiger partial charge in [-0.15, -0.1) is 0 Å². The molecule has 2 aliphatic carbocycles. The first-order valence-corrected chi connectivity index (χ1v) is 14.1. The largest absolute Gasteiger partial charge is 0.394 e. The second-order valence-electron chi connectivity index (χ2n) is 11.0. The number of benzene rings is 1. The highest BCUT2D eigenvalue weighted by Gasteiger charge is 2.55. The molecule has 2 aromatic rings. The van der Waals surface area contributed by atoms with Crippen LogP contribution >= 0.6 is 11.6 Å². The minimum absolute atomic E-state index is 0.0126. The Morgan fingerprint density at radius 3 is 2.29 bits per heavy atom. The Labute approximate surface area is 207 Å². The molecule has 180 valence electrons. The number of halogens is 1. The molecule has 3 atom stereocenters. The predicted octanol–water partition coefficient (Wildman–Crippen LogP) is 3.18. The molecule has 34 heavy (non-hydrogen) atoms. The van der Waals surface area contributed by atoms with E-state index in [1.807, 2.05) is 12.1 Å². The first-order chi connectivity index (χ1) is 16.5. The molecule has 2 unspecified atom stereocenters. The Hall–Kier alpha value is -1.90. The van der Waals surface area contributed by atoms with Crippen LogP contribution in [0.25, 0.3) is 0 Å². The standard InChI is InChI=1S/C25H30ClN5O2S/c26-18-2-4-19(5-3-18)30-10-16-12-31(13-17(16)11-30)23-27-21-20(34(33)15-24(21)8-9-24)22(28-23)29-25(14-32)6-1-7-25/h2-5,16-17,32H,1,6-15H2,(H,27,28,29)/t16?,17?,34-/m0/s1. The van der Waals surface area contributed by atoms with Gasteiger partial charge in [-0.25, -0.2) is 4.98 Å². The van der Waals surface area contributed by atoms with Crippen molar-refractivity contribution >= 4 is 39.9 Å². The summed E-state index contributed by atoms with van der Waals surface area (Å²) in [4.78, 5) is 15.6. The van der Waals surface area contributed by atoms with Gasteiger partial charge >= 0.3 is 0 Å². The zero-order valence-electron chi connectivity index (χ0n) is 19.2. The number of aliphatic hydroxyl groups is 1. The van der Waals surface area contributed by atoms with E-state index in [-0.39, 0.29) is 17.6 Å². The summed E-state index contributed by atoms with van der Waals surface area (Å²) in [6, 6.07) is 8.14. The summed E-state index contributed by atoms with van der Waals surface area (Å²) in [6.07, 6.45) is 5.07. The van der Waals surface area contributed by atoms with Crippen LogP contribution in [0.2, 0.25) is 5.02 Å². The smallest absolute Gasteiger partial charge is 0.227 e. The van der Waals surface area contributed by atoms with Gasteiger partial charge in [0.1, 0.15) is 10.7 Å². The SMILES string of the molecule is O=[S@]1CC2(CC2)c2nc(N3CC4CN(c5ccc(Cl)cc5)CC4C3)nc(NC3(CO)CCC3)c21. The van der Waals surface area contributed by atoms with Gasteiger partial charge in [0.25, 0.3) is 0 Å². The fourth-order valence-electron chi connectivity index (χ4n) is 6.36. The molecule has 2 saturated heterocycles. The molecule has 4 fully saturated rings. The monoisotopic (exact) mass is 499 g/mol. The lowest BCUT2D eigenvalue weighted by molar-refractivity contribution is 0.143. The van der Waals surface area contributed by atoms with E-state index in [0.29, 0.717) is 23.4 Å². The quantitative estimate of drug-likeness (QED) is 0.653. The van der Waals surface area contributed by atoms with E-state index >= 15 is 0 Å². The maximum absolute atomic E-state index is 13.1. The molecule has 1 aromatic heterocycles. The molecule has 7 nitrogen and oxygen atoms in total. The molecule has 2 saturated carbocycles. The van der Waals surface area contributed by atoms with Gasteiger partial charge < -0.3 is 20.2 Å². The number of aromatic nitrogens is 2. The van der Waals surface area contributed by atoms with Gasteiger partial charge in [0.2, 0.25) is 5.95 Å². The lowest BCUT2D eigenvalue weighted by Crippen LogP contribution is -2.48. The van der Waals surface area contributed by atoms with Crippen molar-refractivity contribution in [3.8, 4) is 0 Å². The number of anilines is 3. The molecular weight excluding hydrogens is 470 g/mol. The molecule has 4 heterocycles. The minimum Gasteiger partial charge on any atom is -0.394 e. The number of aliphatic hydroxyl groups excluding tert-OH is 1. The second-order valence-corrected chi connectivity index (χ2v) is 12.9. The molecule has 5 aliphatic rings. The minimum atomic E-state index is -1.08. The van der Waals surface area contributed by atoms with Gasteiger partial charge in [0.05, 0.1) is 28.6 Å². The summed E-state index contributed by atoms with van der Waals surface area (Å²) in [5.41, 5.74) is 1.90. The fraction of sp³-hybridized carbons (Fsp3) is 0.600. The lowest BCUT2D eigenvalue weighted by Gasteiger charge is -2.41. The maximum atomic E-state index is 13.1. The van der Waals surface area contributed by atoms with Crippen molar-refractivity contribution in [2.45, 2.75) is 48.0 Å². The van der Waals surface area contributed by atoms with E-state index in [0.717, 1.165) is 79.8 Å². The zero-order valence-corrected chi connectivity index (χ0v) is 20.7. The molecule has 1 aromatic carbocycles. The predicted molar refractivity (Wildman–Crippen MR) is 134 cm³/mol. The summed E-state index contributed by atoms with van der Waals surface area (Å²) < 4.78 is 13.1. The second kappa shape index (κ2) is 7.55. The van der Waals surface area contributed by atoms with Crippen molar-refractivity contribution in [3.05, 3.63) is 35.0 Å². The van der Waals surface area contributed by atoms with Crippen molar-refractivity contribution in [2.75, 3.05) is 53.7 Å². The average molecular weight is 500 g/mol. The summed E-state index contributed by atoms with van der Waals surface area (Å²) in [5.74, 6) is 3.29. The number of hydrogen-bond acceptors (Lipinski definition) is 7. The van der Waals surface area contributed by atoms with E-state index in [9.17, 15) is 9.32 Å². The van der Waals surface area contributed by atoms with E-state index in [2.05, 4.69) is 27.2 Å². The summed E-state index contributed by atoms with van der Waals surface area (Å²) >= 11 is 6.07. The van der Waals surface area contributed by atoms with Crippen LogP contribution in [0.4, 0.5) is 17.5 Å². The Morgan fingerprint density at radius 1 is 1.03 bits per heavy atom. The molecule has 0 bridgehead atoms. The number of nitrogens with one attached hydrogen (secondary N) is 1. The fourth-order valence-corrected chi connectivity index (χ4v) is 8.35. The number of rotatable bonds is 5. The van der Waals surface area contributed by atoms with E-state index in [1.54, 1.807) is 0 Å². The van der Waals surface area contributed by atoms with Crippen LogP contribution in [0.15, 0.2) is 29.2 Å². The first kappa shape index (κ1) is 21.4. The Balaban J connectivity index is 1.16. The van der Waals surface area contributed by atoms with E-state index < -0.39 is 10.8 Å². The van der Waals surface area contributed by atoms with Crippen LogP contribution in [0.1, 0.15) is 37.8 Å². The molecular formula is C25H30ClN5O2S. The van der Waals surface area contributed by atoms with Gasteiger partial charge in [-0.3, -0.25) is 4.21 Å². The molecule has 0 amide bonds. The molecule has 7 rings (SSSR count). The highest BCUT2D eigenvalue weighted by atomic mass is 35.5. The van der Waals surface area contributed by atoms with Gasteiger partial charge in [-0.1, -0.05) is 11.6 Å². The van der Waals surface area contributed by atoms with E-state index in [4.69, 9.17) is 21.6 Å². The number of hydrogen-bond donors (Lipinski definition) is 2. The van der Waals surface area contributed by atoms with Crippen molar-refractivity contribution in [3.63, 3.8) is 0 Å². The van der Waals surface area contributed by atoms with Crippen molar-refractivity contribution in [1.82, 2.24) is 9.97 Å². The van der Waals surface area contributed by atoms with Gasteiger partial charge in [0, 0.05) is 59.9 Å². The van der Waals surface area contributed by atoms with Gasteiger partial charge in [-0.2, -0.15) is 4.98 Å². The molecule has 1 spiro atoms. The van der Waals surface area contributed by atoms with Gasteiger partial charge in [0.15, 0.2) is 0 Å². The Morgan fingerprint density at radius 2 is 1.71 bits per heavy atom. The summed E-state index contributed by atoms with van der Waals surface area (Å²) in [7, 11) is -1.08. The topological polar surface area (TPSA) is 81.6 Å². The van der Waals surface area contributed by atoms with Crippen LogP contribution in [-0.4, -0.2) is 63.4 Å². The van der Waals surface area contributed by atoms with E-state index in [1.165, 1.54) is 5.69 Å². The first-order valence-electron chi connectivity index (χ1n) is 12.4. The Kier molecular flexibility index (Phi) is 4.75. The van der Waals surface area contributed by atoms with Crippen LogP contribution < -0.4 is 15.1 Å². The Bertz CT molecular complexity index is 1150. The van der Waals surface area contributed by atoms with Crippen LogP contribution in [-0.2, 0) is 16.2 Å². The van der Waals surface area contributed by atoms with Crippen molar-refractivity contribution in [1.29, 1.82) is 0 Å². The third-order valence-corrected chi connectivity index (χ3v) is 10.7. The number of nitrogens with zero attached hydrogens (tertiary/aromatic N) is 4. The van der Waals surface area contributed by atoms with Crippen LogP contribution in [0.5, 0.6) is 0 Å². The summed E-state index contributed by atoms with van der Waals surface area (Å²) in [6.45, 7) is 4.01. The van der Waals surface area contributed by atoms with Crippen LogP contribution in [0.3, 0.4) is 0 Å².